The maximum atomic E-state index is 5.10. The second kappa shape index (κ2) is 6.72. The van der Waals surface area contributed by atoms with Crippen molar-refractivity contribution in [1.82, 2.24) is 15.1 Å². The zero-order valence-corrected chi connectivity index (χ0v) is 13.4. The first kappa shape index (κ1) is 15.5. The zero-order valence-electron chi connectivity index (χ0n) is 13.4. The Balaban J connectivity index is 1.93. The van der Waals surface area contributed by atoms with Gasteiger partial charge in [0, 0.05) is 32.4 Å². The third-order valence-corrected chi connectivity index (χ3v) is 4.35. The number of nitrogens with one attached hydrogen (secondary N) is 1. The van der Waals surface area contributed by atoms with Crippen molar-refractivity contribution in [1.29, 1.82) is 0 Å². The molecule has 1 heterocycles. The Labute approximate surface area is 122 Å². The lowest BCUT2D eigenvalue weighted by molar-refractivity contribution is 0.186. The average molecular weight is 279 g/mol. The molecule has 0 radical (unpaired) electrons. The summed E-state index contributed by atoms with van der Waals surface area (Å²) in [5, 5.41) is 8.25. The van der Waals surface area contributed by atoms with Crippen LogP contribution in [-0.2, 0) is 11.2 Å². The van der Waals surface area contributed by atoms with Crippen LogP contribution in [0.15, 0.2) is 12.3 Å². The van der Waals surface area contributed by atoms with E-state index in [-0.39, 0.29) is 0 Å². The first-order chi connectivity index (χ1) is 9.55. The van der Waals surface area contributed by atoms with Gasteiger partial charge in [-0.1, -0.05) is 6.92 Å². The van der Waals surface area contributed by atoms with Gasteiger partial charge in [0.25, 0.3) is 0 Å². The maximum absolute atomic E-state index is 5.10. The van der Waals surface area contributed by atoms with Crippen molar-refractivity contribution in [2.24, 2.45) is 11.3 Å². The summed E-state index contributed by atoms with van der Waals surface area (Å²) in [7, 11) is 1.75. The number of nitrogens with zero attached hydrogens (tertiary/aromatic N) is 2. The molecule has 0 spiro atoms. The van der Waals surface area contributed by atoms with Crippen molar-refractivity contribution in [2.45, 2.75) is 46.1 Å². The van der Waals surface area contributed by atoms with Gasteiger partial charge in [-0.2, -0.15) is 5.10 Å². The van der Waals surface area contributed by atoms with Crippen LogP contribution in [-0.4, -0.2) is 36.6 Å². The van der Waals surface area contributed by atoms with Crippen molar-refractivity contribution in [3.63, 3.8) is 0 Å². The van der Waals surface area contributed by atoms with Crippen molar-refractivity contribution in [3.05, 3.63) is 18.0 Å². The molecular formula is C16H29N3O. The highest BCUT2D eigenvalue weighted by Gasteiger charge is 2.41. The molecule has 0 aromatic carbocycles. The fourth-order valence-corrected chi connectivity index (χ4v) is 2.85. The summed E-state index contributed by atoms with van der Waals surface area (Å²) in [5.41, 5.74) is 1.55. The SMILES string of the molecule is COCCNCC(C)(Cc1ccn(C(C)C)n1)C1CC1. The largest absolute Gasteiger partial charge is 0.383 e. The van der Waals surface area contributed by atoms with E-state index in [1.54, 1.807) is 7.11 Å². The Kier molecular flexibility index (Phi) is 5.22. The number of rotatable bonds is 9. The highest BCUT2D eigenvalue weighted by molar-refractivity contribution is 5.07. The summed E-state index contributed by atoms with van der Waals surface area (Å²) in [5.74, 6) is 0.849. The Morgan fingerprint density at radius 1 is 1.50 bits per heavy atom. The Morgan fingerprint density at radius 2 is 2.25 bits per heavy atom. The van der Waals surface area contributed by atoms with Gasteiger partial charge in [-0.3, -0.25) is 4.68 Å². The van der Waals surface area contributed by atoms with Crippen LogP contribution < -0.4 is 5.32 Å². The molecule has 0 saturated heterocycles. The lowest BCUT2D eigenvalue weighted by Gasteiger charge is -2.29. The number of hydrogen-bond acceptors (Lipinski definition) is 3. The lowest BCUT2D eigenvalue weighted by Crippen LogP contribution is -2.37. The third kappa shape index (κ3) is 4.06. The molecule has 1 fully saturated rings. The van der Waals surface area contributed by atoms with Crippen molar-refractivity contribution < 1.29 is 4.74 Å². The minimum Gasteiger partial charge on any atom is -0.383 e. The van der Waals surface area contributed by atoms with E-state index in [0.717, 1.165) is 32.0 Å². The number of hydrogen-bond donors (Lipinski definition) is 1. The molecule has 20 heavy (non-hydrogen) atoms. The fourth-order valence-electron chi connectivity index (χ4n) is 2.85. The van der Waals surface area contributed by atoms with Gasteiger partial charge in [0.1, 0.15) is 0 Å². The molecule has 0 aliphatic heterocycles. The van der Waals surface area contributed by atoms with Crippen LogP contribution in [0.5, 0.6) is 0 Å². The minimum atomic E-state index is 0.323. The molecule has 1 atom stereocenters. The smallest absolute Gasteiger partial charge is 0.0630 e. The summed E-state index contributed by atoms with van der Waals surface area (Å²) in [6, 6.07) is 2.62. The maximum Gasteiger partial charge on any atom is 0.0630 e. The van der Waals surface area contributed by atoms with Gasteiger partial charge in [0.2, 0.25) is 0 Å². The first-order valence-electron chi connectivity index (χ1n) is 7.79. The predicted octanol–water partition coefficient (Wildman–Crippen LogP) is 2.66. The molecule has 1 N–H and O–H groups in total. The van der Waals surface area contributed by atoms with E-state index >= 15 is 0 Å². The van der Waals surface area contributed by atoms with Crippen molar-refractivity contribution in [3.8, 4) is 0 Å². The van der Waals surface area contributed by atoms with E-state index in [4.69, 9.17) is 9.84 Å². The monoisotopic (exact) mass is 279 g/mol. The van der Waals surface area contributed by atoms with Gasteiger partial charge in [-0.15, -0.1) is 0 Å². The molecule has 4 heteroatoms. The number of aromatic nitrogens is 2. The minimum absolute atomic E-state index is 0.323. The van der Waals surface area contributed by atoms with E-state index in [2.05, 4.69) is 43.0 Å². The summed E-state index contributed by atoms with van der Waals surface area (Å²) in [6.45, 7) is 9.50. The van der Waals surface area contributed by atoms with Crippen LogP contribution in [0.3, 0.4) is 0 Å². The Hall–Kier alpha value is -0.870. The van der Waals surface area contributed by atoms with Crippen LogP contribution in [0.1, 0.15) is 45.3 Å². The third-order valence-electron chi connectivity index (χ3n) is 4.35. The van der Waals surface area contributed by atoms with Crippen molar-refractivity contribution in [2.75, 3.05) is 26.8 Å². The molecule has 1 aliphatic rings. The van der Waals surface area contributed by atoms with E-state index < -0.39 is 0 Å². The Bertz CT molecular complexity index is 412. The lowest BCUT2D eigenvalue weighted by atomic mass is 9.80. The van der Waals surface area contributed by atoms with Gasteiger partial charge < -0.3 is 10.1 Å². The van der Waals surface area contributed by atoms with Crippen LogP contribution in [0.4, 0.5) is 0 Å². The molecule has 4 nitrogen and oxygen atoms in total. The summed E-state index contributed by atoms with van der Waals surface area (Å²) in [6.07, 6.45) is 5.91. The molecule has 114 valence electrons. The predicted molar refractivity (Wildman–Crippen MR) is 81.9 cm³/mol. The van der Waals surface area contributed by atoms with Crippen LogP contribution >= 0.6 is 0 Å². The van der Waals surface area contributed by atoms with E-state index in [0.29, 0.717) is 11.5 Å². The van der Waals surface area contributed by atoms with Gasteiger partial charge in [0.15, 0.2) is 0 Å². The molecule has 1 unspecified atom stereocenters. The highest BCUT2D eigenvalue weighted by Crippen LogP contribution is 2.46. The second-order valence-corrected chi connectivity index (χ2v) is 6.66. The van der Waals surface area contributed by atoms with Gasteiger partial charge in [-0.25, -0.2) is 0 Å². The summed E-state index contributed by atoms with van der Waals surface area (Å²) in [4.78, 5) is 0. The normalized spacial score (nSPS) is 18.4. The fraction of sp³-hybridized carbons (Fsp3) is 0.812. The Morgan fingerprint density at radius 3 is 2.80 bits per heavy atom. The van der Waals surface area contributed by atoms with E-state index in [9.17, 15) is 0 Å². The standard InChI is InChI=1S/C16H29N3O/c1-13(2)19-9-7-15(18-19)11-16(3,14-5-6-14)12-17-8-10-20-4/h7,9,13-14,17H,5-6,8,10-12H2,1-4H3. The molecule has 1 aromatic heterocycles. The first-order valence-corrected chi connectivity index (χ1v) is 7.79. The van der Waals surface area contributed by atoms with E-state index in [1.165, 1.54) is 18.5 Å². The molecule has 0 bridgehead atoms. The molecule has 1 aromatic rings. The van der Waals surface area contributed by atoms with E-state index in [1.807, 2.05) is 0 Å². The van der Waals surface area contributed by atoms with Gasteiger partial charge in [-0.05, 0) is 50.5 Å². The summed E-state index contributed by atoms with van der Waals surface area (Å²) >= 11 is 0. The topological polar surface area (TPSA) is 39.1 Å². The average Bonchev–Trinajstić information content (AvgIpc) is 3.16. The molecular weight excluding hydrogens is 250 g/mol. The van der Waals surface area contributed by atoms with Crippen LogP contribution in [0, 0.1) is 11.3 Å². The zero-order chi connectivity index (χ0) is 14.6. The highest BCUT2D eigenvalue weighted by atomic mass is 16.5. The second-order valence-electron chi connectivity index (χ2n) is 6.66. The summed E-state index contributed by atoms with van der Waals surface area (Å²) < 4.78 is 7.16. The van der Waals surface area contributed by atoms with Gasteiger partial charge in [0.05, 0.1) is 12.3 Å². The number of ether oxygens (including phenoxy) is 1. The van der Waals surface area contributed by atoms with Crippen molar-refractivity contribution >= 4 is 0 Å². The molecule has 2 rings (SSSR count). The number of methoxy groups -OCH3 is 1. The molecule has 1 aliphatic carbocycles. The van der Waals surface area contributed by atoms with Crippen LogP contribution in [0.25, 0.3) is 0 Å². The van der Waals surface area contributed by atoms with Gasteiger partial charge >= 0.3 is 0 Å². The quantitative estimate of drug-likeness (QED) is 0.706. The van der Waals surface area contributed by atoms with Crippen LogP contribution in [0.2, 0.25) is 0 Å². The molecule has 1 saturated carbocycles. The molecule has 0 amide bonds.